The Kier molecular flexibility index (Phi) is 3.34. The number of anilines is 1. The van der Waals surface area contributed by atoms with Crippen LogP contribution in [0.2, 0.25) is 0 Å². The summed E-state index contributed by atoms with van der Waals surface area (Å²) in [4.78, 5) is 20.8. The van der Waals surface area contributed by atoms with E-state index in [1.807, 2.05) is 11.4 Å². The van der Waals surface area contributed by atoms with Gasteiger partial charge in [-0.05, 0) is 11.4 Å². The molecule has 0 saturated heterocycles. The fourth-order valence-electron chi connectivity index (χ4n) is 1.55. The van der Waals surface area contributed by atoms with Crippen molar-refractivity contribution in [2.45, 2.75) is 0 Å². The zero-order valence-corrected chi connectivity index (χ0v) is 9.85. The second-order valence-corrected chi connectivity index (χ2v) is 4.31. The van der Waals surface area contributed by atoms with E-state index >= 15 is 0 Å². The smallest absolute Gasteiger partial charge is 0.323 e. The Morgan fingerprint density at radius 3 is 3.12 bits per heavy atom. The SMILES string of the molecule is C=CCN(CC(=O)O)c1ncnc2ccsc12. The first-order valence-corrected chi connectivity index (χ1v) is 5.86. The Hall–Kier alpha value is -1.95. The number of hydrogen-bond donors (Lipinski definition) is 1. The Balaban J connectivity index is 2.43. The quantitative estimate of drug-likeness (QED) is 0.818. The molecule has 0 fully saturated rings. The largest absolute Gasteiger partial charge is 0.480 e. The van der Waals surface area contributed by atoms with Crippen LogP contribution in [0.15, 0.2) is 30.4 Å². The molecule has 2 heterocycles. The topological polar surface area (TPSA) is 66.3 Å². The Morgan fingerprint density at radius 1 is 1.59 bits per heavy atom. The number of rotatable bonds is 5. The minimum atomic E-state index is -0.893. The van der Waals surface area contributed by atoms with Gasteiger partial charge in [-0.2, -0.15) is 0 Å². The van der Waals surface area contributed by atoms with Gasteiger partial charge in [0.1, 0.15) is 12.9 Å². The van der Waals surface area contributed by atoms with Crippen molar-refractivity contribution in [3.63, 3.8) is 0 Å². The van der Waals surface area contributed by atoms with Crippen LogP contribution in [0, 0.1) is 0 Å². The van der Waals surface area contributed by atoms with E-state index in [9.17, 15) is 4.79 Å². The molecule has 0 spiro atoms. The van der Waals surface area contributed by atoms with Gasteiger partial charge in [-0.1, -0.05) is 6.08 Å². The van der Waals surface area contributed by atoms with Gasteiger partial charge in [0.15, 0.2) is 5.82 Å². The highest BCUT2D eigenvalue weighted by Crippen LogP contribution is 2.27. The number of fused-ring (bicyclic) bond motifs is 1. The van der Waals surface area contributed by atoms with Crippen LogP contribution in [-0.4, -0.2) is 34.1 Å². The van der Waals surface area contributed by atoms with Crippen LogP contribution in [0.3, 0.4) is 0 Å². The van der Waals surface area contributed by atoms with Crippen molar-refractivity contribution in [1.82, 2.24) is 9.97 Å². The Morgan fingerprint density at radius 2 is 2.41 bits per heavy atom. The molecule has 0 aliphatic carbocycles. The summed E-state index contributed by atoms with van der Waals surface area (Å²) < 4.78 is 0.899. The Labute approximate surface area is 102 Å². The highest BCUT2D eigenvalue weighted by Gasteiger charge is 2.14. The molecule has 5 nitrogen and oxygen atoms in total. The molecule has 17 heavy (non-hydrogen) atoms. The van der Waals surface area contributed by atoms with Crippen LogP contribution >= 0.6 is 11.3 Å². The predicted molar refractivity (Wildman–Crippen MR) is 67.5 cm³/mol. The monoisotopic (exact) mass is 249 g/mol. The lowest BCUT2D eigenvalue weighted by Crippen LogP contribution is -2.30. The van der Waals surface area contributed by atoms with Crippen LogP contribution < -0.4 is 4.90 Å². The maximum absolute atomic E-state index is 10.8. The van der Waals surface area contributed by atoms with E-state index in [0.29, 0.717) is 12.4 Å². The fourth-order valence-corrected chi connectivity index (χ4v) is 2.41. The average Bonchev–Trinajstić information content (AvgIpc) is 2.75. The maximum atomic E-state index is 10.8. The molecule has 0 aliphatic rings. The number of carboxylic acid groups (broad SMARTS) is 1. The summed E-state index contributed by atoms with van der Waals surface area (Å²) in [7, 11) is 0. The van der Waals surface area contributed by atoms with Crippen molar-refractivity contribution >= 4 is 33.3 Å². The van der Waals surface area contributed by atoms with Gasteiger partial charge < -0.3 is 10.0 Å². The molecule has 0 atom stereocenters. The van der Waals surface area contributed by atoms with Gasteiger partial charge in [-0.3, -0.25) is 4.79 Å². The highest BCUT2D eigenvalue weighted by atomic mass is 32.1. The molecular weight excluding hydrogens is 238 g/mol. The van der Waals surface area contributed by atoms with Crippen LogP contribution in [0.1, 0.15) is 0 Å². The summed E-state index contributed by atoms with van der Waals surface area (Å²) in [6.45, 7) is 3.97. The molecule has 0 radical (unpaired) electrons. The second-order valence-electron chi connectivity index (χ2n) is 3.40. The van der Waals surface area contributed by atoms with Crippen molar-refractivity contribution in [3.05, 3.63) is 30.4 Å². The molecular formula is C11H11N3O2S. The van der Waals surface area contributed by atoms with Crippen LogP contribution in [0.5, 0.6) is 0 Å². The zero-order chi connectivity index (χ0) is 12.3. The second kappa shape index (κ2) is 4.92. The minimum absolute atomic E-state index is 0.101. The molecule has 6 heteroatoms. The number of aliphatic carboxylic acids is 1. The molecule has 2 rings (SSSR count). The lowest BCUT2D eigenvalue weighted by atomic mass is 10.4. The summed E-state index contributed by atoms with van der Waals surface area (Å²) in [6.07, 6.45) is 3.10. The highest BCUT2D eigenvalue weighted by molar-refractivity contribution is 7.17. The fraction of sp³-hybridized carbons (Fsp3) is 0.182. The maximum Gasteiger partial charge on any atom is 0.323 e. The van der Waals surface area contributed by atoms with Crippen molar-refractivity contribution in [3.8, 4) is 0 Å². The van der Waals surface area contributed by atoms with Crippen molar-refractivity contribution in [1.29, 1.82) is 0 Å². The third-order valence-electron chi connectivity index (χ3n) is 2.20. The van der Waals surface area contributed by atoms with E-state index in [2.05, 4.69) is 16.5 Å². The van der Waals surface area contributed by atoms with Gasteiger partial charge in [0.25, 0.3) is 0 Å². The molecule has 2 aromatic heterocycles. The predicted octanol–water partition coefficient (Wildman–Crippen LogP) is 1.77. The molecule has 2 aromatic rings. The van der Waals surface area contributed by atoms with E-state index in [1.165, 1.54) is 17.7 Å². The first kappa shape index (κ1) is 11.5. The molecule has 88 valence electrons. The normalized spacial score (nSPS) is 10.4. The van der Waals surface area contributed by atoms with Gasteiger partial charge in [-0.25, -0.2) is 9.97 Å². The number of carbonyl (C=O) groups is 1. The first-order valence-electron chi connectivity index (χ1n) is 4.98. The third kappa shape index (κ3) is 2.42. The summed E-state index contributed by atoms with van der Waals surface area (Å²) >= 11 is 1.50. The van der Waals surface area contributed by atoms with E-state index in [4.69, 9.17) is 5.11 Å². The van der Waals surface area contributed by atoms with Gasteiger partial charge >= 0.3 is 5.97 Å². The summed E-state index contributed by atoms with van der Waals surface area (Å²) in [5, 5.41) is 10.8. The van der Waals surface area contributed by atoms with E-state index in [1.54, 1.807) is 11.0 Å². The molecule has 0 amide bonds. The number of hydrogen-bond acceptors (Lipinski definition) is 5. The molecule has 0 unspecified atom stereocenters. The lowest BCUT2D eigenvalue weighted by Gasteiger charge is -2.19. The van der Waals surface area contributed by atoms with Crippen molar-refractivity contribution in [2.75, 3.05) is 18.0 Å². The average molecular weight is 249 g/mol. The van der Waals surface area contributed by atoms with Crippen molar-refractivity contribution < 1.29 is 9.90 Å². The summed E-state index contributed by atoms with van der Waals surface area (Å²) in [6, 6.07) is 1.89. The van der Waals surface area contributed by atoms with E-state index in [0.717, 1.165) is 10.2 Å². The number of thiophene rings is 1. The zero-order valence-electron chi connectivity index (χ0n) is 9.04. The minimum Gasteiger partial charge on any atom is -0.480 e. The Bertz CT molecular complexity index is 552. The summed E-state index contributed by atoms with van der Waals surface area (Å²) in [5.41, 5.74) is 0.833. The third-order valence-corrected chi connectivity index (χ3v) is 3.10. The molecule has 0 aromatic carbocycles. The number of nitrogens with zero attached hydrogens (tertiary/aromatic N) is 3. The molecule has 0 aliphatic heterocycles. The molecule has 0 saturated carbocycles. The van der Waals surface area contributed by atoms with Gasteiger partial charge in [0.05, 0.1) is 10.2 Å². The van der Waals surface area contributed by atoms with Crippen LogP contribution in [-0.2, 0) is 4.79 Å². The van der Waals surface area contributed by atoms with Gasteiger partial charge in [0, 0.05) is 6.54 Å². The summed E-state index contributed by atoms with van der Waals surface area (Å²) in [5.74, 6) is -0.248. The molecule has 0 bridgehead atoms. The van der Waals surface area contributed by atoms with Crippen molar-refractivity contribution in [2.24, 2.45) is 0 Å². The standard InChI is InChI=1S/C11H11N3O2S/c1-2-4-14(6-9(15)16)11-10-8(3-5-17-10)12-7-13-11/h2-3,5,7H,1,4,6H2,(H,15,16). The van der Waals surface area contributed by atoms with Gasteiger partial charge in [0.2, 0.25) is 0 Å². The van der Waals surface area contributed by atoms with E-state index in [-0.39, 0.29) is 6.54 Å². The van der Waals surface area contributed by atoms with Gasteiger partial charge in [-0.15, -0.1) is 17.9 Å². The number of aromatic nitrogens is 2. The van der Waals surface area contributed by atoms with E-state index < -0.39 is 5.97 Å². The van der Waals surface area contributed by atoms with Crippen LogP contribution in [0.25, 0.3) is 10.2 Å². The lowest BCUT2D eigenvalue weighted by molar-refractivity contribution is -0.135. The first-order chi connectivity index (χ1) is 8.22. The number of carboxylic acids is 1. The molecule has 1 N–H and O–H groups in total. The van der Waals surface area contributed by atoms with Crippen LogP contribution in [0.4, 0.5) is 5.82 Å².